The highest BCUT2D eigenvalue weighted by Crippen LogP contribution is 2.45. The number of carbonyl (C=O) groups excluding carboxylic acids is 3. The van der Waals surface area contributed by atoms with Crippen molar-refractivity contribution < 1.29 is 29.2 Å². The summed E-state index contributed by atoms with van der Waals surface area (Å²) in [6.45, 7) is 1.01. The average Bonchev–Trinajstić information content (AvgIpc) is 3.26. The second-order valence-corrected chi connectivity index (χ2v) is 9.42. The fourth-order valence-electron chi connectivity index (χ4n) is 4.96. The summed E-state index contributed by atoms with van der Waals surface area (Å²) in [6, 6.07) is 22.7. The molecular formula is C28H23ClN4O5. The summed E-state index contributed by atoms with van der Waals surface area (Å²) in [5.41, 5.74) is 4.54. The molecule has 3 aromatic carbocycles. The van der Waals surface area contributed by atoms with Crippen molar-refractivity contribution in [2.45, 2.75) is 18.7 Å². The standard InChI is InChI=1S/C28H23ClN4O5/c1-17(34)16-31-25(37)24(36)22(23(35)18-12-14-19(29)15-13-18)28(31)26(38)32(20-8-4-2-5-9-20)27(30)33(28)21-10-6-3-7-11-21/h2-15,17,30,34H,16H2,1H3,(H,35,36). The Labute approximate surface area is 223 Å². The van der Waals surface area contributed by atoms with Crippen LogP contribution in [0.4, 0.5) is 11.4 Å². The highest BCUT2D eigenvalue weighted by molar-refractivity contribution is 6.50. The molecule has 2 amide bonds. The monoisotopic (exact) mass is 530 g/mol. The van der Waals surface area contributed by atoms with Gasteiger partial charge in [-0.1, -0.05) is 65.9 Å². The fraction of sp³-hybridized carbons (Fsp3) is 0.143. The van der Waals surface area contributed by atoms with Crippen molar-refractivity contribution in [3.8, 4) is 0 Å². The Morgan fingerprint density at radius 1 is 1.00 bits per heavy atom. The summed E-state index contributed by atoms with van der Waals surface area (Å²) in [5.74, 6) is -4.00. The third-order valence-corrected chi connectivity index (χ3v) is 6.75. The lowest BCUT2D eigenvalue weighted by atomic mass is 9.93. The zero-order valence-electron chi connectivity index (χ0n) is 20.2. The quantitative estimate of drug-likeness (QED) is 0.223. The first kappa shape index (κ1) is 25.2. The molecule has 0 radical (unpaired) electrons. The zero-order chi connectivity index (χ0) is 27.2. The maximum atomic E-state index is 14.6. The van der Waals surface area contributed by atoms with Crippen molar-refractivity contribution >= 4 is 52.3 Å². The third-order valence-electron chi connectivity index (χ3n) is 6.50. The minimum Gasteiger partial charge on any atom is -0.872 e. The van der Waals surface area contributed by atoms with E-state index in [1.165, 1.54) is 40.7 Å². The Morgan fingerprint density at radius 2 is 1.58 bits per heavy atom. The largest absolute Gasteiger partial charge is 0.872 e. The third kappa shape index (κ3) is 3.67. The minimum atomic E-state index is -2.29. The number of β-amino-alcohol motifs (C(OH)–C–C–N with tert-alkyl or cyclic N) is 1. The van der Waals surface area contributed by atoms with Crippen LogP contribution >= 0.6 is 11.6 Å². The summed E-state index contributed by atoms with van der Waals surface area (Å²) in [4.78, 5) is 43.8. The van der Waals surface area contributed by atoms with Gasteiger partial charge < -0.3 is 10.2 Å². The highest BCUT2D eigenvalue weighted by Gasteiger charge is 2.72. The van der Waals surface area contributed by atoms with Gasteiger partial charge in [-0.05, 0) is 48.9 Å². The molecule has 5 rings (SSSR count). The van der Waals surface area contributed by atoms with Crippen LogP contribution in [0.1, 0.15) is 12.5 Å². The van der Waals surface area contributed by atoms with Gasteiger partial charge in [0.1, 0.15) is 11.4 Å². The van der Waals surface area contributed by atoms with Crippen molar-refractivity contribution in [2.24, 2.45) is 5.73 Å². The Hall–Kier alpha value is -4.47. The van der Waals surface area contributed by atoms with Gasteiger partial charge in [-0.2, -0.15) is 9.48 Å². The number of likely N-dealkylation sites (tertiary alicyclic amines) is 1. The number of nitrogens with two attached hydrogens (primary N) is 1. The Balaban J connectivity index is 1.90. The maximum absolute atomic E-state index is 14.6. The Morgan fingerprint density at radius 3 is 2.16 bits per heavy atom. The number of aliphatic hydroxyl groups excluding tert-OH is 1. The molecule has 2 heterocycles. The second-order valence-electron chi connectivity index (χ2n) is 8.98. The maximum Gasteiger partial charge on any atom is 0.366 e. The predicted molar refractivity (Wildman–Crippen MR) is 139 cm³/mol. The van der Waals surface area contributed by atoms with E-state index in [9.17, 15) is 24.6 Å². The molecule has 38 heavy (non-hydrogen) atoms. The molecule has 1 spiro atoms. The summed E-state index contributed by atoms with van der Waals surface area (Å²) >= 11 is 6.00. The van der Waals surface area contributed by atoms with Crippen LogP contribution in [0.25, 0.3) is 5.76 Å². The van der Waals surface area contributed by atoms with E-state index >= 15 is 0 Å². The molecule has 2 aliphatic heterocycles. The van der Waals surface area contributed by atoms with Crippen LogP contribution < -0.4 is 15.7 Å². The lowest BCUT2D eigenvalue weighted by Gasteiger charge is -2.35. The number of hydrogen-bond acceptors (Lipinski definition) is 6. The average molecular weight is 531 g/mol. The number of aliphatic hydroxyl groups is 1. The Bertz CT molecular complexity index is 1500. The number of halogens is 1. The van der Waals surface area contributed by atoms with Gasteiger partial charge in [-0.25, -0.2) is 4.79 Å². The van der Waals surface area contributed by atoms with Gasteiger partial charge in [0.25, 0.3) is 17.4 Å². The van der Waals surface area contributed by atoms with E-state index in [0.29, 0.717) is 16.4 Å². The van der Waals surface area contributed by atoms with Crippen molar-refractivity contribution in [1.82, 2.24) is 4.90 Å². The summed E-state index contributed by atoms with van der Waals surface area (Å²) in [5, 5.41) is 24.7. The van der Waals surface area contributed by atoms with Crippen LogP contribution in [0.2, 0.25) is 5.02 Å². The lowest BCUT2D eigenvalue weighted by Crippen LogP contribution is -2.60. The zero-order valence-corrected chi connectivity index (χ0v) is 21.0. The number of carbonyl (C=O) groups is 3. The second kappa shape index (κ2) is 9.44. The molecule has 2 atom stereocenters. The van der Waals surface area contributed by atoms with Gasteiger partial charge in [0.15, 0.2) is 0 Å². The van der Waals surface area contributed by atoms with E-state index in [-0.39, 0.29) is 11.5 Å². The lowest BCUT2D eigenvalue weighted by molar-refractivity contribution is -0.524. The smallest absolute Gasteiger partial charge is 0.366 e. The first-order valence-electron chi connectivity index (χ1n) is 11.8. The minimum absolute atomic E-state index is 0.0568. The van der Waals surface area contributed by atoms with Gasteiger partial charge in [0.2, 0.25) is 0 Å². The van der Waals surface area contributed by atoms with E-state index < -0.39 is 47.2 Å². The predicted octanol–water partition coefficient (Wildman–Crippen LogP) is 1.61. The van der Waals surface area contributed by atoms with Gasteiger partial charge in [-0.15, -0.1) is 0 Å². The number of para-hydroxylation sites is 2. The number of ketones is 1. The molecule has 192 valence electrons. The number of Topliss-reactive ketones (excluding diaryl/α,β-unsaturated/α-hetero) is 1. The van der Waals surface area contributed by atoms with Crippen LogP contribution in [-0.4, -0.2) is 56.5 Å². The van der Waals surface area contributed by atoms with E-state index in [2.05, 4.69) is 0 Å². The van der Waals surface area contributed by atoms with E-state index in [0.717, 1.165) is 4.90 Å². The van der Waals surface area contributed by atoms with Gasteiger partial charge >= 0.3 is 11.9 Å². The molecule has 1 fully saturated rings. The molecule has 0 aliphatic carbocycles. The number of nitrogens with zero attached hydrogens (tertiary/aromatic N) is 3. The molecule has 0 aromatic heterocycles. The van der Waals surface area contributed by atoms with Gasteiger partial charge in [0.05, 0.1) is 18.2 Å². The van der Waals surface area contributed by atoms with Crippen LogP contribution in [-0.2, 0) is 14.4 Å². The number of rotatable bonds is 5. The fourth-order valence-corrected chi connectivity index (χ4v) is 5.08. The Kier molecular flexibility index (Phi) is 6.26. The van der Waals surface area contributed by atoms with Crippen LogP contribution in [0.5, 0.6) is 0 Å². The van der Waals surface area contributed by atoms with Crippen LogP contribution in [0.3, 0.4) is 0 Å². The molecule has 1 saturated heterocycles. The molecule has 2 unspecified atom stereocenters. The number of hydrogen-bond donors (Lipinski definition) is 2. The number of benzene rings is 3. The van der Waals surface area contributed by atoms with Crippen molar-refractivity contribution in [1.29, 1.82) is 0 Å². The van der Waals surface area contributed by atoms with Gasteiger partial charge in [0, 0.05) is 5.02 Å². The molecule has 2 aliphatic rings. The molecule has 0 bridgehead atoms. The summed E-state index contributed by atoms with van der Waals surface area (Å²) in [7, 11) is 0. The topological polar surface area (TPSA) is 130 Å². The molecule has 0 saturated carbocycles. The molecule has 3 N–H and O–H groups in total. The normalized spacial score (nSPS) is 21.6. The van der Waals surface area contributed by atoms with Crippen molar-refractivity contribution in [3.05, 3.63) is 101 Å². The number of amides is 2. The van der Waals surface area contributed by atoms with Crippen molar-refractivity contribution in [3.63, 3.8) is 0 Å². The summed E-state index contributed by atoms with van der Waals surface area (Å²) < 4.78 is 1.32. The highest BCUT2D eigenvalue weighted by atomic mass is 35.5. The molecule has 9 nitrogen and oxygen atoms in total. The van der Waals surface area contributed by atoms with Crippen molar-refractivity contribution in [2.75, 3.05) is 11.4 Å². The summed E-state index contributed by atoms with van der Waals surface area (Å²) in [6.07, 6.45) is -1.13. The first-order chi connectivity index (χ1) is 18.2. The molecule has 3 aromatic rings. The number of anilines is 1. The molecule has 10 heteroatoms. The first-order valence-corrected chi connectivity index (χ1v) is 12.2. The number of guanidine groups is 1. The van der Waals surface area contributed by atoms with Crippen LogP contribution in [0.15, 0.2) is 90.5 Å². The van der Waals surface area contributed by atoms with E-state index in [1.807, 2.05) is 0 Å². The van der Waals surface area contributed by atoms with E-state index in [4.69, 9.17) is 17.3 Å². The molecular weight excluding hydrogens is 508 g/mol. The SMILES string of the molecule is CC(O)CN1C(=O)C(=O)/C(=C(/[O-])c2ccc(Cl)cc2)C12C(=O)N(c1ccccc1)C(N)=[N+]2c1ccccc1. The van der Waals surface area contributed by atoms with E-state index in [1.54, 1.807) is 60.7 Å². The van der Waals surface area contributed by atoms with Crippen LogP contribution in [0, 0.1) is 0 Å². The van der Waals surface area contributed by atoms with Gasteiger partial charge in [-0.3, -0.25) is 20.2 Å².